The van der Waals surface area contributed by atoms with E-state index in [9.17, 15) is 4.39 Å². The Kier molecular flexibility index (Phi) is 3.91. The highest BCUT2D eigenvalue weighted by Gasteiger charge is 2.45. The molecule has 2 unspecified atom stereocenters. The monoisotopic (exact) mass is 340 g/mol. The maximum atomic E-state index is 13.3. The van der Waals surface area contributed by atoms with Crippen molar-refractivity contribution in [2.24, 2.45) is 5.92 Å². The maximum Gasteiger partial charge on any atom is 0.137 e. The summed E-state index contributed by atoms with van der Waals surface area (Å²) in [4.78, 5) is 2.52. The average molecular weight is 341 g/mol. The van der Waals surface area contributed by atoms with Crippen molar-refractivity contribution in [3.8, 4) is 0 Å². The zero-order valence-corrected chi connectivity index (χ0v) is 13.7. The second-order valence-corrected chi connectivity index (χ2v) is 7.43. The number of hydrogen-bond donors (Lipinski definition) is 1. The fraction of sp³-hybridized carbons (Fsp3) is 0.625. The molecule has 2 fully saturated rings. The van der Waals surface area contributed by atoms with Crippen LogP contribution in [0.4, 0.5) is 4.39 Å². The lowest BCUT2D eigenvalue weighted by Gasteiger charge is -2.45. The number of nitrogens with one attached hydrogen (secondary N) is 1. The minimum atomic E-state index is -0.190. The van der Waals surface area contributed by atoms with Gasteiger partial charge in [0.05, 0.1) is 4.47 Å². The molecule has 1 saturated heterocycles. The maximum absolute atomic E-state index is 13.3. The molecule has 0 amide bonds. The fourth-order valence-corrected chi connectivity index (χ4v) is 3.65. The minimum Gasteiger partial charge on any atom is -0.308 e. The van der Waals surface area contributed by atoms with Gasteiger partial charge in [-0.3, -0.25) is 4.90 Å². The first-order valence-corrected chi connectivity index (χ1v) is 8.20. The third-order valence-corrected chi connectivity index (χ3v) is 5.41. The molecule has 4 heteroatoms. The molecule has 1 aromatic rings. The Balaban J connectivity index is 1.72. The van der Waals surface area contributed by atoms with Crippen molar-refractivity contribution in [1.82, 2.24) is 10.2 Å². The van der Waals surface area contributed by atoms with Crippen molar-refractivity contribution >= 4 is 15.9 Å². The molecular formula is C16H22BrFN2. The number of nitrogens with zero attached hydrogens (tertiary/aromatic N) is 1. The van der Waals surface area contributed by atoms with E-state index < -0.39 is 0 Å². The molecule has 3 rings (SSSR count). The summed E-state index contributed by atoms with van der Waals surface area (Å²) in [7, 11) is 0. The summed E-state index contributed by atoms with van der Waals surface area (Å²) in [6.07, 6.45) is 2.71. The lowest BCUT2D eigenvalue weighted by molar-refractivity contribution is 0.0770. The van der Waals surface area contributed by atoms with Gasteiger partial charge in [-0.2, -0.15) is 0 Å². The average Bonchev–Trinajstić information content (AvgIpc) is 3.23. The van der Waals surface area contributed by atoms with Crippen molar-refractivity contribution in [3.05, 3.63) is 34.1 Å². The van der Waals surface area contributed by atoms with Crippen molar-refractivity contribution in [1.29, 1.82) is 0 Å². The van der Waals surface area contributed by atoms with Crippen LogP contribution in [0.5, 0.6) is 0 Å². The smallest absolute Gasteiger partial charge is 0.137 e. The molecular weight excluding hydrogens is 319 g/mol. The predicted molar refractivity (Wildman–Crippen MR) is 83.1 cm³/mol. The van der Waals surface area contributed by atoms with Gasteiger partial charge in [-0.15, -0.1) is 0 Å². The predicted octanol–water partition coefficient (Wildman–Crippen LogP) is 3.55. The molecule has 1 aliphatic carbocycles. The van der Waals surface area contributed by atoms with Gasteiger partial charge in [0.15, 0.2) is 0 Å². The van der Waals surface area contributed by atoms with Gasteiger partial charge in [0, 0.05) is 31.2 Å². The summed E-state index contributed by atoms with van der Waals surface area (Å²) in [6, 6.07) is 5.86. The molecule has 1 aliphatic heterocycles. The minimum absolute atomic E-state index is 0.190. The SMILES string of the molecule is CC1CNC(C)(C2CC2)CN1Cc1ccc(F)c(Br)c1. The lowest BCUT2D eigenvalue weighted by atomic mass is 9.91. The van der Waals surface area contributed by atoms with Crippen LogP contribution < -0.4 is 5.32 Å². The molecule has 0 spiro atoms. The first-order chi connectivity index (χ1) is 9.48. The van der Waals surface area contributed by atoms with Crippen molar-refractivity contribution in [2.75, 3.05) is 13.1 Å². The molecule has 1 saturated carbocycles. The van der Waals surface area contributed by atoms with E-state index in [1.54, 1.807) is 6.07 Å². The highest BCUT2D eigenvalue weighted by atomic mass is 79.9. The summed E-state index contributed by atoms with van der Waals surface area (Å²) in [6.45, 7) is 7.62. The second kappa shape index (κ2) is 5.39. The second-order valence-electron chi connectivity index (χ2n) is 6.58. The van der Waals surface area contributed by atoms with E-state index in [1.165, 1.54) is 18.4 Å². The molecule has 1 N–H and O–H groups in total. The first kappa shape index (κ1) is 14.5. The van der Waals surface area contributed by atoms with Gasteiger partial charge in [0.25, 0.3) is 0 Å². The lowest BCUT2D eigenvalue weighted by Crippen LogP contribution is -2.62. The normalized spacial score (nSPS) is 31.5. The molecule has 2 aliphatic rings. The van der Waals surface area contributed by atoms with Crippen LogP contribution in [0, 0.1) is 11.7 Å². The number of rotatable bonds is 3. The Hall–Kier alpha value is -0.450. The molecule has 0 aromatic heterocycles. The summed E-state index contributed by atoms with van der Waals surface area (Å²) in [5.74, 6) is 0.641. The summed E-state index contributed by atoms with van der Waals surface area (Å²) >= 11 is 3.28. The molecule has 2 atom stereocenters. The van der Waals surface area contributed by atoms with Gasteiger partial charge in [-0.05, 0) is 66.2 Å². The molecule has 0 bridgehead atoms. The van der Waals surface area contributed by atoms with Crippen LogP contribution in [0.15, 0.2) is 22.7 Å². The van der Waals surface area contributed by atoms with E-state index in [0.717, 1.165) is 25.6 Å². The molecule has 1 heterocycles. The topological polar surface area (TPSA) is 15.3 Å². The van der Waals surface area contributed by atoms with Crippen LogP contribution in [-0.2, 0) is 6.54 Å². The van der Waals surface area contributed by atoms with E-state index in [4.69, 9.17) is 0 Å². The van der Waals surface area contributed by atoms with Crippen LogP contribution in [0.25, 0.3) is 0 Å². The van der Waals surface area contributed by atoms with Crippen LogP contribution in [0.1, 0.15) is 32.3 Å². The number of halogens is 2. The molecule has 0 radical (unpaired) electrons. The fourth-order valence-electron chi connectivity index (χ4n) is 3.22. The van der Waals surface area contributed by atoms with Crippen molar-refractivity contribution in [3.63, 3.8) is 0 Å². The van der Waals surface area contributed by atoms with Crippen LogP contribution >= 0.6 is 15.9 Å². The third kappa shape index (κ3) is 2.92. The van der Waals surface area contributed by atoms with Gasteiger partial charge in [0.1, 0.15) is 5.82 Å². The van der Waals surface area contributed by atoms with E-state index in [2.05, 4.69) is 40.0 Å². The number of benzene rings is 1. The molecule has 2 nitrogen and oxygen atoms in total. The van der Waals surface area contributed by atoms with E-state index in [-0.39, 0.29) is 11.4 Å². The van der Waals surface area contributed by atoms with Crippen LogP contribution in [0.2, 0.25) is 0 Å². The Morgan fingerprint density at radius 2 is 2.20 bits per heavy atom. The van der Waals surface area contributed by atoms with Gasteiger partial charge < -0.3 is 5.32 Å². The Morgan fingerprint density at radius 3 is 2.85 bits per heavy atom. The molecule has 1 aromatic carbocycles. The van der Waals surface area contributed by atoms with Gasteiger partial charge in [-0.25, -0.2) is 4.39 Å². The Bertz CT molecular complexity index is 503. The Morgan fingerprint density at radius 1 is 1.45 bits per heavy atom. The van der Waals surface area contributed by atoms with E-state index >= 15 is 0 Å². The Labute approximate surface area is 128 Å². The summed E-state index contributed by atoms with van der Waals surface area (Å²) in [5.41, 5.74) is 1.43. The molecule has 20 heavy (non-hydrogen) atoms. The van der Waals surface area contributed by atoms with Gasteiger partial charge in [-0.1, -0.05) is 6.07 Å². The highest BCUT2D eigenvalue weighted by Crippen LogP contribution is 2.41. The first-order valence-electron chi connectivity index (χ1n) is 7.41. The van der Waals surface area contributed by atoms with Gasteiger partial charge in [0.2, 0.25) is 0 Å². The third-order valence-electron chi connectivity index (χ3n) is 4.80. The standard InChI is InChI=1S/C16H22BrFN2/c1-11-8-19-16(2,13-4-5-13)10-20(11)9-12-3-6-15(18)14(17)7-12/h3,6-7,11,13,19H,4-5,8-10H2,1-2H3. The summed E-state index contributed by atoms with van der Waals surface area (Å²) in [5, 5.41) is 3.73. The zero-order chi connectivity index (χ0) is 14.3. The zero-order valence-electron chi connectivity index (χ0n) is 12.1. The van der Waals surface area contributed by atoms with E-state index in [1.807, 2.05) is 12.1 Å². The van der Waals surface area contributed by atoms with Gasteiger partial charge >= 0.3 is 0 Å². The number of hydrogen-bond acceptors (Lipinski definition) is 2. The van der Waals surface area contributed by atoms with Crippen molar-refractivity contribution < 1.29 is 4.39 Å². The molecule has 110 valence electrons. The van der Waals surface area contributed by atoms with Crippen molar-refractivity contribution in [2.45, 2.75) is 44.8 Å². The number of piperazine rings is 1. The van der Waals surface area contributed by atoms with E-state index in [0.29, 0.717) is 10.5 Å². The van der Waals surface area contributed by atoms with Crippen LogP contribution in [-0.4, -0.2) is 29.6 Å². The quantitative estimate of drug-likeness (QED) is 0.905. The summed E-state index contributed by atoms with van der Waals surface area (Å²) < 4.78 is 13.9. The largest absolute Gasteiger partial charge is 0.308 e. The highest BCUT2D eigenvalue weighted by molar-refractivity contribution is 9.10. The van der Waals surface area contributed by atoms with Crippen LogP contribution in [0.3, 0.4) is 0 Å².